The van der Waals surface area contributed by atoms with Gasteiger partial charge in [0.2, 0.25) is 0 Å². The third-order valence-electron chi connectivity index (χ3n) is 3.49. The highest BCUT2D eigenvalue weighted by Crippen LogP contribution is 2.22. The number of anilines is 1. The first-order valence-corrected chi connectivity index (χ1v) is 7.96. The van der Waals surface area contributed by atoms with Gasteiger partial charge in [-0.25, -0.2) is 0 Å². The number of hydrogen-bond acceptors (Lipinski definition) is 4. The van der Waals surface area contributed by atoms with Gasteiger partial charge in [-0.1, -0.05) is 29.8 Å². The summed E-state index contributed by atoms with van der Waals surface area (Å²) in [5.74, 6) is 0.710. The quantitative estimate of drug-likeness (QED) is 0.747. The van der Waals surface area contributed by atoms with Crippen LogP contribution in [-0.4, -0.2) is 42.6 Å². The van der Waals surface area contributed by atoms with Crippen molar-refractivity contribution in [3.8, 4) is 5.75 Å². The van der Waals surface area contributed by atoms with Crippen molar-refractivity contribution in [2.24, 2.45) is 0 Å². The summed E-state index contributed by atoms with van der Waals surface area (Å²) in [6.45, 7) is 2.96. The van der Waals surface area contributed by atoms with Crippen LogP contribution in [0.5, 0.6) is 5.75 Å². The molecule has 0 aliphatic rings. The molecule has 0 bridgehead atoms. The molecule has 0 aliphatic carbocycles. The van der Waals surface area contributed by atoms with Gasteiger partial charge in [-0.05, 0) is 42.8 Å². The number of para-hydroxylation sites is 1. The number of halogens is 2. The van der Waals surface area contributed by atoms with Gasteiger partial charge < -0.3 is 19.8 Å². The van der Waals surface area contributed by atoms with Crippen molar-refractivity contribution < 1.29 is 14.9 Å². The topological polar surface area (TPSA) is 52.9 Å². The Morgan fingerprint density at radius 3 is 2.50 bits per heavy atom. The molecule has 2 N–H and O–H groups in total. The van der Waals surface area contributed by atoms with Gasteiger partial charge in [0.1, 0.15) is 18.5 Å². The van der Waals surface area contributed by atoms with Gasteiger partial charge in [0.05, 0.1) is 6.61 Å². The van der Waals surface area contributed by atoms with E-state index >= 15 is 0 Å². The van der Waals surface area contributed by atoms with Crippen molar-refractivity contribution in [1.82, 2.24) is 0 Å². The molecule has 24 heavy (non-hydrogen) atoms. The zero-order valence-electron chi connectivity index (χ0n) is 13.6. The molecule has 0 amide bonds. The molecule has 1 unspecified atom stereocenters. The monoisotopic (exact) mass is 371 g/mol. The molecular formula is C18H23Cl2NO3. The maximum Gasteiger partial charge on any atom is 0.122 e. The molecule has 0 aromatic heterocycles. The third kappa shape index (κ3) is 6.21. The first-order chi connectivity index (χ1) is 11.1. The molecule has 0 radical (unpaired) electrons. The molecule has 0 heterocycles. The van der Waals surface area contributed by atoms with Crippen LogP contribution in [0, 0.1) is 6.92 Å². The lowest BCUT2D eigenvalue weighted by Gasteiger charge is -2.26. The fraction of sp³-hybridized carbons (Fsp3) is 0.333. The van der Waals surface area contributed by atoms with Crippen LogP contribution in [0.1, 0.15) is 5.56 Å². The van der Waals surface area contributed by atoms with Gasteiger partial charge >= 0.3 is 0 Å². The Hall–Kier alpha value is -1.46. The van der Waals surface area contributed by atoms with Crippen LogP contribution in [0.3, 0.4) is 0 Å². The minimum absolute atomic E-state index is 0. The Balaban J connectivity index is 0.00000288. The van der Waals surface area contributed by atoms with E-state index in [0.717, 1.165) is 11.3 Å². The summed E-state index contributed by atoms with van der Waals surface area (Å²) in [7, 11) is 0. The zero-order valence-corrected chi connectivity index (χ0v) is 15.1. The van der Waals surface area contributed by atoms with E-state index in [0.29, 0.717) is 23.9 Å². The minimum atomic E-state index is -0.670. The van der Waals surface area contributed by atoms with Crippen molar-refractivity contribution in [3.63, 3.8) is 0 Å². The normalized spacial score (nSPS) is 11.5. The van der Waals surface area contributed by atoms with Gasteiger partial charge in [0.25, 0.3) is 0 Å². The Bertz CT molecular complexity index is 610. The smallest absolute Gasteiger partial charge is 0.122 e. The zero-order chi connectivity index (χ0) is 16.7. The first-order valence-electron chi connectivity index (χ1n) is 7.58. The van der Waals surface area contributed by atoms with Crippen LogP contribution in [-0.2, 0) is 0 Å². The van der Waals surface area contributed by atoms with E-state index in [4.69, 9.17) is 16.3 Å². The van der Waals surface area contributed by atoms with Crippen LogP contribution in [0.2, 0.25) is 5.02 Å². The predicted molar refractivity (Wildman–Crippen MR) is 101 cm³/mol. The molecule has 0 aliphatic heterocycles. The number of nitrogens with zero attached hydrogens (tertiary/aromatic N) is 1. The highest BCUT2D eigenvalue weighted by atomic mass is 35.5. The number of aryl methyl sites for hydroxylation is 1. The summed E-state index contributed by atoms with van der Waals surface area (Å²) < 4.78 is 5.67. The molecule has 0 fully saturated rings. The van der Waals surface area contributed by atoms with E-state index in [2.05, 4.69) is 0 Å². The van der Waals surface area contributed by atoms with Crippen molar-refractivity contribution >= 4 is 29.7 Å². The summed E-state index contributed by atoms with van der Waals surface area (Å²) >= 11 is 5.92. The van der Waals surface area contributed by atoms with Crippen LogP contribution < -0.4 is 9.64 Å². The predicted octanol–water partition coefficient (Wildman–Crippen LogP) is 3.31. The number of rotatable bonds is 8. The maximum atomic E-state index is 10.2. The van der Waals surface area contributed by atoms with E-state index < -0.39 is 6.10 Å². The second-order valence-corrected chi connectivity index (χ2v) is 5.82. The Morgan fingerprint density at radius 2 is 1.88 bits per heavy atom. The SMILES string of the molecule is Cc1cc(Cl)ccc1OCC(O)CN(CCO)c1ccccc1.Cl. The molecule has 2 rings (SSSR count). The standard InChI is InChI=1S/C18H22ClNO3.ClH/c1-14-11-15(19)7-8-18(14)23-13-17(22)12-20(9-10-21)16-5-3-2-4-6-16;/h2-8,11,17,21-22H,9-10,12-13H2,1H3;1H. The molecule has 132 valence electrons. The van der Waals surface area contributed by atoms with E-state index in [-0.39, 0.29) is 25.6 Å². The summed E-state index contributed by atoms with van der Waals surface area (Å²) in [5, 5.41) is 20.1. The second kappa shape index (κ2) is 10.4. The number of aliphatic hydroxyl groups excluding tert-OH is 2. The molecule has 2 aromatic rings. The van der Waals surface area contributed by atoms with Crippen LogP contribution in [0.25, 0.3) is 0 Å². The fourth-order valence-electron chi connectivity index (χ4n) is 2.35. The number of hydrogen-bond donors (Lipinski definition) is 2. The Labute approximate surface area is 154 Å². The molecule has 2 aromatic carbocycles. The molecule has 6 heteroatoms. The molecule has 0 saturated heterocycles. The maximum absolute atomic E-state index is 10.2. The van der Waals surface area contributed by atoms with E-state index in [1.165, 1.54) is 0 Å². The highest BCUT2D eigenvalue weighted by molar-refractivity contribution is 6.30. The number of aliphatic hydroxyl groups is 2. The lowest BCUT2D eigenvalue weighted by Crippen LogP contribution is -2.37. The van der Waals surface area contributed by atoms with Crippen LogP contribution in [0.4, 0.5) is 5.69 Å². The van der Waals surface area contributed by atoms with Crippen molar-refractivity contribution in [2.45, 2.75) is 13.0 Å². The van der Waals surface area contributed by atoms with Crippen LogP contribution in [0.15, 0.2) is 48.5 Å². The largest absolute Gasteiger partial charge is 0.491 e. The van der Waals surface area contributed by atoms with Crippen molar-refractivity contribution in [3.05, 3.63) is 59.1 Å². The lowest BCUT2D eigenvalue weighted by molar-refractivity contribution is 0.111. The molecule has 1 atom stereocenters. The Kier molecular flexibility index (Phi) is 8.93. The van der Waals surface area contributed by atoms with Crippen LogP contribution >= 0.6 is 24.0 Å². The number of ether oxygens (including phenoxy) is 1. The van der Waals surface area contributed by atoms with Crippen molar-refractivity contribution in [1.29, 1.82) is 0 Å². The number of benzene rings is 2. The van der Waals surface area contributed by atoms with Crippen molar-refractivity contribution in [2.75, 3.05) is 31.2 Å². The highest BCUT2D eigenvalue weighted by Gasteiger charge is 2.13. The first kappa shape index (κ1) is 20.6. The lowest BCUT2D eigenvalue weighted by atomic mass is 10.2. The third-order valence-corrected chi connectivity index (χ3v) is 3.73. The van der Waals surface area contributed by atoms with E-state index in [1.54, 1.807) is 12.1 Å². The van der Waals surface area contributed by atoms with E-state index in [9.17, 15) is 10.2 Å². The summed E-state index contributed by atoms with van der Waals surface area (Å²) in [5.41, 5.74) is 1.89. The summed E-state index contributed by atoms with van der Waals surface area (Å²) in [6.07, 6.45) is -0.670. The van der Waals surface area contributed by atoms with Gasteiger partial charge in [0, 0.05) is 23.8 Å². The van der Waals surface area contributed by atoms with Gasteiger partial charge in [-0.15, -0.1) is 12.4 Å². The summed E-state index contributed by atoms with van der Waals surface area (Å²) in [4.78, 5) is 1.93. The minimum Gasteiger partial charge on any atom is -0.491 e. The molecule has 0 spiro atoms. The fourth-order valence-corrected chi connectivity index (χ4v) is 2.58. The molecular weight excluding hydrogens is 349 g/mol. The van der Waals surface area contributed by atoms with E-state index in [1.807, 2.05) is 48.2 Å². The molecule has 4 nitrogen and oxygen atoms in total. The van der Waals surface area contributed by atoms with Gasteiger partial charge in [-0.3, -0.25) is 0 Å². The average molecular weight is 372 g/mol. The summed E-state index contributed by atoms with van der Waals surface area (Å²) in [6, 6.07) is 15.1. The molecule has 0 saturated carbocycles. The average Bonchev–Trinajstić information content (AvgIpc) is 2.54. The van der Waals surface area contributed by atoms with Gasteiger partial charge in [-0.2, -0.15) is 0 Å². The second-order valence-electron chi connectivity index (χ2n) is 5.38. The van der Waals surface area contributed by atoms with Gasteiger partial charge in [0.15, 0.2) is 0 Å². The Morgan fingerprint density at radius 1 is 1.17 bits per heavy atom.